The zero-order chi connectivity index (χ0) is 17.8. The number of rotatable bonds is 3. The summed E-state index contributed by atoms with van der Waals surface area (Å²) >= 11 is 0. The number of amides is 1. The fourth-order valence-corrected chi connectivity index (χ4v) is 3.70. The topological polar surface area (TPSA) is 44.0 Å². The third-order valence-electron chi connectivity index (χ3n) is 5.39. The minimum atomic E-state index is 0.143. The number of anilines is 1. The molecule has 0 spiro atoms. The van der Waals surface area contributed by atoms with Crippen molar-refractivity contribution < 1.29 is 4.79 Å². The Hall–Kier alpha value is -2.13. The summed E-state index contributed by atoms with van der Waals surface area (Å²) in [5.74, 6) is 1.38. The van der Waals surface area contributed by atoms with Crippen molar-refractivity contribution in [3.63, 3.8) is 0 Å². The van der Waals surface area contributed by atoms with Crippen molar-refractivity contribution in [1.29, 1.82) is 0 Å². The van der Waals surface area contributed by atoms with Crippen molar-refractivity contribution in [2.75, 3.05) is 44.2 Å². The summed E-state index contributed by atoms with van der Waals surface area (Å²) in [6.07, 6.45) is 3.39. The molecule has 1 aromatic rings. The van der Waals surface area contributed by atoms with E-state index < -0.39 is 0 Å². The predicted octanol–water partition coefficient (Wildman–Crippen LogP) is 2.40. The van der Waals surface area contributed by atoms with Gasteiger partial charge in [0.05, 0.1) is 6.57 Å². The van der Waals surface area contributed by atoms with Crippen molar-refractivity contribution in [2.24, 2.45) is 5.92 Å². The van der Waals surface area contributed by atoms with Crippen LogP contribution in [0.15, 0.2) is 18.3 Å². The van der Waals surface area contributed by atoms with Gasteiger partial charge in [0.15, 0.2) is 0 Å². The van der Waals surface area contributed by atoms with Gasteiger partial charge in [-0.05, 0) is 32.8 Å². The van der Waals surface area contributed by atoms with Crippen LogP contribution in [0, 0.1) is 12.5 Å². The monoisotopic (exact) mass is 341 g/mol. The number of carbonyl (C=O) groups is 1. The van der Waals surface area contributed by atoms with Gasteiger partial charge in [-0.15, -0.1) is 0 Å². The van der Waals surface area contributed by atoms with E-state index in [1.54, 1.807) is 12.3 Å². The highest BCUT2D eigenvalue weighted by molar-refractivity contribution is 5.79. The van der Waals surface area contributed by atoms with Gasteiger partial charge in [0.1, 0.15) is 5.82 Å². The summed E-state index contributed by atoms with van der Waals surface area (Å²) in [6.45, 7) is 16.8. The Morgan fingerprint density at radius 2 is 1.84 bits per heavy atom. The molecule has 3 rings (SSSR count). The summed E-state index contributed by atoms with van der Waals surface area (Å²) in [6, 6.07) is 4.27. The molecule has 0 radical (unpaired) electrons. The van der Waals surface area contributed by atoms with Crippen LogP contribution in [0.25, 0.3) is 4.85 Å². The van der Waals surface area contributed by atoms with E-state index in [4.69, 9.17) is 6.57 Å². The third kappa shape index (κ3) is 4.10. The average molecular weight is 341 g/mol. The van der Waals surface area contributed by atoms with Gasteiger partial charge in [-0.3, -0.25) is 14.7 Å². The molecule has 6 heteroatoms. The third-order valence-corrected chi connectivity index (χ3v) is 5.39. The predicted molar refractivity (Wildman–Crippen MR) is 98.7 cm³/mol. The fourth-order valence-electron chi connectivity index (χ4n) is 3.70. The van der Waals surface area contributed by atoms with Gasteiger partial charge in [0.25, 0.3) is 0 Å². The van der Waals surface area contributed by atoms with Gasteiger partial charge in [0, 0.05) is 57.4 Å². The molecule has 0 unspecified atom stereocenters. The van der Waals surface area contributed by atoms with Gasteiger partial charge >= 0.3 is 0 Å². The highest BCUT2D eigenvalue weighted by atomic mass is 16.2. The summed E-state index contributed by atoms with van der Waals surface area (Å²) in [5, 5.41) is 0. The van der Waals surface area contributed by atoms with Crippen LogP contribution in [0.3, 0.4) is 0 Å². The summed E-state index contributed by atoms with van der Waals surface area (Å²) in [4.78, 5) is 27.3. The summed E-state index contributed by atoms with van der Waals surface area (Å²) < 4.78 is 0. The van der Waals surface area contributed by atoms with E-state index in [0.29, 0.717) is 17.6 Å². The Balaban J connectivity index is 1.50. The molecule has 2 fully saturated rings. The van der Waals surface area contributed by atoms with Crippen molar-refractivity contribution in [2.45, 2.75) is 32.7 Å². The van der Waals surface area contributed by atoms with Gasteiger partial charge < -0.3 is 9.80 Å². The molecule has 134 valence electrons. The first-order valence-corrected chi connectivity index (χ1v) is 9.20. The first-order valence-electron chi connectivity index (χ1n) is 9.20. The summed E-state index contributed by atoms with van der Waals surface area (Å²) in [7, 11) is 0. The molecular weight excluding hydrogens is 314 g/mol. The molecule has 0 N–H and O–H groups in total. The van der Waals surface area contributed by atoms with Crippen molar-refractivity contribution in [3.8, 4) is 0 Å². The molecule has 0 aliphatic carbocycles. The van der Waals surface area contributed by atoms with Crippen LogP contribution in [-0.2, 0) is 4.79 Å². The van der Waals surface area contributed by atoms with Crippen LogP contribution in [-0.4, -0.2) is 66.0 Å². The van der Waals surface area contributed by atoms with E-state index in [1.807, 2.05) is 6.07 Å². The Morgan fingerprint density at radius 1 is 1.16 bits per heavy atom. The number of pyridine rings is 1. The lowest BCUT2D eigenvalue weighted by atomic mass is 9.95. The van der Waals surface area contributed by atoms with Crippen molar-refractivity contribution >= 4 is 17.4 Å². The minimum Gasteiger partial charge on any atom is -0.357 e. The highest BCUT2D eigenvalue weighted by Crippen LogP contribution is 2.25. The first-order chi connectivity index (χ1) is 12.1. The second-order valence-corrected chi connectivity index (χ2v) is 7.20. The minimum absolute atomic E-state index is 0.143. The normalized spacial score (nSPS) is 19.9. The maximum atomic E-state index is 12.8. The number of nitrogens with zero attached hydrogens (tertiary/aromatic N) is 5. The molecule has 0 aromatic carbocycles. The zero-order valence-electron chi connectivity index (χ0n) is 15.2. The van der Waals surface area contributed by atoms with Crippen molar-refractivity contribution in [3.05, 3.63) is 29.7 Å². The van der Waals surface area contributed by atoms with Gasteiger partial charge in [-0.1, -0.05) is 6.07 Å². The Morgan fingerprint density at radius 3 is 2.36 bits per heavy atom. The fraction of sp³-hybridized carbons (Fsp3) is 0.632. The van der Waals surface area contributed by atoms with Gasteiger partial charge in [-0.25, -0.2) is 4.85 Å². The van der Waals surface area contributed by atoms with Crippen molar-refractivity contribution in [1.82, 2.24) is 14.8 Å². The molecule has 0 atom stereocenters. The molecule has 3 heterocycles. The van der Waals surface area contributed by atoms with Crippen LogP contribution in [0.5, 0.6) is 0 Å². The number of hydrogen-bond donors (Lipinski definition) is 0. The smallest absolute Gasteiger partial charge is 0.225 e. The first kappa shape index (κ1) is 17.7. The average Bonchev–Trinajstić information content (AvgIpc) is 2.67. The molecule has 0 bridgehead atoms. The molecule has 25 heavy (non-hydrogen) atoms. The molecule has 1 aromatic heterocycles. The Kier molecular flexibility index (Phi) is 5.54. The van der Waals surface area contributed by atoms with Crippen LogP contribution in [0.4, 0.5) is 11.5 Å². The number of piperidine rings is 1. The SMILES string of the molecule is [C-]#[N+]c1ccc(N2CCC(C(=O)N3CCN(C(C)C)CC3)CC2)nc1. The Bertz CT molecular complexity index is 620. The molecule has 6 nitrogen and oxygen atoms in total. The number of aromatic nitrogens is 1. The maximum absolute atomic E-state index is 12.8. The van der Waals surface area contributed by atoms with Gasteiger partial charge in [0.2, 0.25) is 11.6 Å². The number of hydrogen-bond acceptors (Lipinski definition) is 4. The van der Waals surface area contributed by atoms with Crippen LogP contribution >= 0.6 is 0 Å². The lowest BCUT2D eigenvalue weighted by molar-refractivity contribution is -0.138. The van der Waals surface area contributed by atoms with E-state index in [9.17, 15) is 4.79 Å². The number of carbonyl (C=O) groups excluding carboxylic acids is 1. The lowest BCUT2D eigenvalue weighted by Gasteiger charge is -2.40. The standard InChI is InChI=1S/C19H27N5O/c1-15(2)22-10-12-24(13-11-22)19(25)16-6-8-23(9-7-16)18-5-4-17(20-3)14-21-18/h4-5,14-16H,6-13H2,1-2H3. The molecule has 2 aliphatic rings. The van der Waals surface area contributed by atoms with E-state index in [-0.39, 0.29) is 5.92 Å². The van der Waals surface area contributed by atoms with E-state index in [0.717, 1.165) is 57.9 Å². The van der Waals surface area contributed by atoms with Gasteiger partial charge in [-0.2, -0.15) is 0 Å². The van der Waals surface area contributed by atoms with Crippen LogP contribution in [0.1, 0.15) is 26.7 Å². The summed E-state index contributed by atoms with van der Waals surface area (Å²) in [5.41, 5.74) is 0.564. The van der Waals surface area contributed by atoms with E-state index >= 15 is 0 Å². The molecule has 2 aliphatic heterocycles. The van der Waals surface area contributed by atoms with E-state index in [1.165, 1.54) is 0 Å². The zero-order valence-corrected chi connectivity index (χ0v) is 15.2. The second kappa shape index (κ2) is 7.83. The Labute approximate surface area is 150 Å². The largest absolute Gasteiger partial charge is 0.357 e. The molecule has 1 amide bonds. The molecular formula is C19H27N5O. The lowest BCUT2D eigenvalue weighted by Crippen LogP contribution is -2.53. The van der Waals surface area contributed by atoms with Crippen LogP contribution < -0.4 is 4.90 Å². The number of piperazine rings is 1. The quantitative estimate of drug-likeness (QED) is 0.792. The maximum Gasteiger partial charge on any atom is 0.225 e. The van der Waals surface area contributed by atoms with E-state index in [2.05, 4.69) is 38.4 Å². The van der Waals surface area contributed by atoms with Crippen LogP contribution in [0.2, 0.25) is 0 Å². The molecule has 0 saturated carbocycles. The second-order valence-electron chi connectivity index (χ2n) is 7.20. The highest BCUT2D eigenvalue weighted by Gasteiger charge is 2.31. The molecule has 2 saturated heterocycles.